The number of benzene rings is 2. The minimum atomic E-state index is -0.511. The number of aliphatic hydroxyl groups is 1. The van der Waals surface area contributed by atoms with Crippen LogP contribution in [0.15, 0.2) is 55.1 Å². The molecule has 5 rings (SSSR count). The number of amidine groups is 1. The van der Waals surface area contributed by atoms with Crippen molar-refractivity contribution in [2.75, 3.05) is 6.61 Å². The summed E-state index contributed by atoms with van der Waals surface area (Å²) >= 11 is 0. The van der Waals surface area contributed by atoms with Gasteiger partial charge in [0.1, 0.15) is 24.4 Å². The van der Waals surface area contributed by atoms with Crippen molar-refractivity contribution >= 4 is 6.02 Å². The molecule has 0 radical (unpaired) electrons. The van der Waals surface area contributed by atoms with Gasteiger partial charge in [0.25, 0.3) is 6.02 Å². The average molecular weight is 431 g/mol. The Morgan fingerprint density at radius 1 is 1.09 bits per heavy atom. The van der Waals surface area contributed by atoms with E-state index in [1.54, 1.807) is 12.4 Å². The van der Waals surface area contributed by atoms with Crippen LogP contribution in [0.4, 0.5) is 0 Å². The van der Waals surface area contributed by atoms with Crippen LogP contribution in [0.1, 0.15) is 48.3 Å². The molecule has 1 aromatic heterocycles. The fourth-order valence-corrected chi connectivity index (χ4v) is 4.51. The van der Waals surface area contributed by atoms with Crippen molar-refractivity contribution in [3.8, 4) is 22.6 Å². The Morgan fingerprint density at radius 2 is 1.81 bits per heavy atom. The number of aromatic nitrogens is 2. The number of hydrogen-bond acceptors (Lipinski definition) is 6. The van der Waals surface area contributed by atoms with Gasteiger partial charge in [-0.05, 0) is 61.4 Å². The third-order valence-electron chi connectivity index (χ3n) is 6.52. The third kappa shape index (κ3) is 4.03. The molecule has 7 nitrogen and oxygen atoms in total. The van der Waals surface area contributed by atoms with Gasteiger partial charge in [0.15, 0.2) is 0 Å². The Hall–Kier alpha value is -3.45. The summed E-state index contributed by atoms with van der Waals surface area (Å²) in [5, 5.41) is 18.0. The summed E-state index contributed by atoms with van der Waals surface area (Å²) < 4.78 is 11.7. The van der Waals surface area contributed by atoms with Gasteiger partial charge in [-0.1, -0.05) is 18.2 Å². The van der Waals surface area contributed by atoms with Crippen LogP contribution in [0.2, 0.25) is 0 Å². The summed E-state index contributed by atoms with van der Waals surface area (Å²) in [5.74, 6) is 1.39. The lowest BCUT2D eigenvalue weighted by Crippen LogP contribution is -2.37. The number of fused-ring (bicyclic) bond motifs is 2. The van der Waals surface area contributed by atoms with Gasteiger partial charge in [0.05, 0.1) is 11.5 Å². The van der Waals surface area contributed by atoms with Gasteiger partial charge >= 0.3 is 0 Å². The molecule has 1 aliphatic carbocycles. The first kappa shape index (κ1) is 20.5. The van der Waals surface area contributed by atoms with E-state index in [4.69, 9.17) is 20.6 Å². The molecule has 1 fully saturated rings. The van der Waals surface area contributed by atoms with E-state index in [2.05, 4.69) is 28.2 Å². The number of hydrogen-bond donors (Lipinski definition) is 3. The third-order valence-corrected chi connectivity index (χ3v) is 6.52. The van der Waals surface area contributed by atoms with Gasteiger partial charge in [-0.3, -0.25) is 5.41 Å². The number of aryl methyl sites for hydroxylation is 1. The summed E-state index contributed by atoms with van der Waals surface area (Å²) in [6, 6.07) is 11.9. The highest BCUT2D eigenvalue weighted by molar-refractivity contribution is 5.69. The van der Waals surface area contributed by atoms with Crippen molar-refractivity contribution in [1.82, 2.24) is 9.97 Å². The Bertz CT molecular complexity index is 1150. The molecule has 7 heteroatoms. The zero-order valence-corrected chi connectivity index (χ0v) is 17.8. The molecule has 0 unspecified atom stereocenters. The summed E-state index contributed by atoms with van der Waals surface area (Å²) in [7, 11) is 0. The van der Waals surface area contributed by atoms with E-state index in [-0.39, 0.29) is 18.5 Å². The normalized spacial score (nSPS) is 18.0. The molecule has 164 valence electrons. The van der Waals surface area contributed by atoms with Gasteiger partial charge < -0.3 is 20.3 Å². The summed E-state index contributed by atoms with van der Waals surface area (Å²) in [4.78, 5) is 8.24. The van der Waals surface area contributed by atoms with E-state index in [1.807, 2.05) is 18.2 Å². The largest absolute Gasteiger partial charge is 0.465 e. The van der Waals surface area contributed by atoms with Crippen molar-refractivity contribution in [3.05, 3.63) is 71.8 Å². The molecule has 1 atom stereocenters. The molecular formula is C25H26N4O3. The summed E-state index contributed by atoms with van der Waals surface area (Å²) in [6.45, 7) is 0.237. The topological polar surface area (TPSA) is 114 Å². The lowest BCUT2D eigenvalue weighted by Gasteiger charge is -2.36. The molecule has 2 heterocycles. The highest BCUT2D eigenvalue weighted by Crippen LogP contribution is 2.46. The van der Waals surface area contributed by atoms with Gasteiger partial charge in [0.2, 0.25) is 0 Å². The van der Waals surface area contributed by atoms with Crippen LogP contribution in [-0.4, -0.2) is 33.3 Å². The van der Waals surface area contributed by atoms with Crippen LogP contribution in [0.5, 0.6) is 11.5 Å². The molecule has 32 heavy (non-hydrogen) atoms. The van der Waals surface area contributed by atoms with Gasteiger partial charge in [0, 0.05) is 29.1 Å². The average Bonchev–Trinajstić information content (AvgIpc) is 2.79. The molecule has 1 aliphatic heterocycles. The van der Waals surface area contributed by atoms with E-state index in [9.17, 15) is 5.11 Å². The summed E-state index contributed by atoms with van der Waals surface area (Å²) in [6.07, 6.45) is 9.49. The minimum Gasteiger partial charge on any atom is -0.465 e. The second kappa shape index (κ2) is 8.24. The second-order valence-corrected chi connectivity index (χ2v) is 8.66. The number of nitrogens with zero attached hydrogens (tertiary/aromatic N) is 2. The molecule has 1 saturated carbocycles. The first-order valence-corrected chi connectivity index (χ1v) is 10.9. The van der Waals surface area contributed by atoms with Crippen molar-refractivity contribution in [2.24, 2.45) is 5.73 Å². The van der Waals surface area contributed by atoms with Crippen LogP contribution in [0.25, 0.3) is 11.1 Å². The smallest absolute Gasteiger partial charge is 0.279 e. The number of ether oxygens (including phenoxy) is 2. The quantitative estimate of drug-likeness (QED) is 0.400. The number of rotatable bonds is 6. The van der Waals surface area contributed by atoms with Gasteiger partial charge in [-0.25, -0.2) is 9.97 Å². The molecule has 0 saturated heterocycles. The highest BCUT2D eigenvalue weighted by atomic mass is 16.5. The summed E-state index contributed by atoms with van der Waals surface area (Å²) in [5.41, 5.74) is 10.00. The predicted molar refractivity (Wildman–Crippen MR) is 121 cm³/mol. The predicted octanol–water partition coefficient (Wildman–Crippen LogP) is 4.14. The fraction of sp³-hybridized carbons (Fsp3) is 0.320. The maximum absolute atomic E-state index is 10.5. The molecule has 4 N–H and O–H groups in total. The minimum absolute atomic E-state index is 0.144. The second-order valence-electron chi connectivity index (χ2n) is 8.66. The van der Waals surface area contributed by atoms with Crippen LogP contribution in [-0.2, 0) is 11.2 Å². The van der Waals surface area contributed by atoms with Crippen molar-refractivity contribution in [3.63, 3.8) is 0 Å². The first-order valence-electron chi connectivity index (χ1n) is 10.9. The number of nitrogens with one attached hydrogen (secondary N) is 1. The first-order chi connectivity index (χ1) is 15.5. The van der Waals surface area contributed by atoms with Gasteiger partial charge in [-0.2, -0.15) is 0 Å². The molecule has 3 aromatic rings. The van der Waals surface area contributed by atoms with Crippen LogP contribution < -0.4 is 10.5 Å². The lowest BCUT2D eigenvalue weighted by atomic mass is 9.76. The van der Waals surface area contributed by atoms with Crippen molar-refractivity contribution in [1.29, 1.82) is 5.41 Å². The maximum atomic E-state index is 10.5. The van der Waals surface area contributed by atoms with Crippen LogP contribution in [0.3, 0.4) is 0 Å². The van der Waals surface area contributed by atoms with Crippen molar-refractivity contribution in [2.45, 2.75) is 43.6 Å². The maximum Gasteiger partial charge on any atom is 0.279 e. The van der Waals surface area contributed by atoms with Crippen molar-refractivity contribution < 1.29 is 14.6 Å². The lowest BCUT2D eigenvalue weighted by molar-refractivity contribution is -0.0397. The highest BCUT2D eigenvalue weighted by Gasteiger charge is 2.34. The molecule has 0 spiro atoms. The van der Waals surface area contributed by atoms with E-state index >= 15 is 0 Å². The Balaban J connectivity index is 1.49. The van der Waals surface area contributed by atoms with Gasteiger partial charge in [-0.15, -0.1) is 0 Å². The van der Waals surface area contributed by atoms with Crippen LogP contribution >= 0.6 is 0 Å². The Morgan fingerprint density at radius 3 is 2.50 bits per heavy atom. The molecule has 0 bridgehead atoms. The fourth-order valence-electron chi connectivity index (χ4n) is 4.51. The van der Waals surface area contributed by atoms with E-state index in [0.717, 1.165) is 71.4 Å². The number of nitrogens with two attached hydrogens (primary N) is 1. The van der Waals surface area contributed by atoms with Crippen LogP contribution in [0, 0.1) is 5.41 Å². The molecule has 2 aromatic carbocycles. The zero-order valence-electron chi connectivity index (χ0n) is 17.8. The monoisotopic (exact) mass is 430 g/mol. The molecule has 2 aliphatic rings. The Kier molecular flexibility index (Phi) is 5.27. The van der Waals surface area contributed by atoms with E-state index in [0.29, 0.717) is 0 Å². The zero-order chi connectivity index (χ0) is 22.1. The SMILES string of the molecule is N=C(N)OC[C@H]1c2cc(CCC3(O)CCC3)ccc2Oc2ccc(-c3cncnc3)cc21. The molecular weight excluding hydrogens is 404 g/mol. The Labute approximate surface area is 186 Å². The standard InChI is InChI=1S/C25H26N4O3/c26-24(27)31-14-21-19-10-16(6-9-25(30)7-1-8-25)2-4-22(19)32-23-5-3-17(11-20(21)23)18-12-28-15-29-13-18/h2-5,10-13,15,21,30H,1,6-9,14H2,(H3,26,27)/t21-/m0/s1. The van der Waals surface area contributed by atoms with E-state index in [1.165, 1.54) is 6.33 Å². The molecule has 0 amide bonds. The van der Waals surface area contributed by atoms with E-state index < -0.39 is 5.60 Å².